The van der Waals surface area contributed by atoms with Gasteiger partial charge in [0.2, 0.25) is 0 Å². The predicted molar refractivity (Wildman–Crippen MR) is 83.9 cm³/mol. The molecule has 114 valence electrons. The van der Waals surface area contributed by atoms with Crippen LogP contribution in [0.4, 0.5) is 0 Å². The van der Waals surface area contributed by atoms with E-state index in [-0.39, 0.29) is 24.3 Å². The summed E-state index contributed by atoms with van der Waals surface area (Å²) in [7, 11) is 1.52. The minimum absolute atomic E-state index is 0.0315. The van der Waals surface area contributed by atoms with Gasteiger partial charge in [0.15, 0.2) is 5.78 Å². The van der Waals surface area contributed by atoms with E-state index < -0.39 is 6.04 Å². The van der Waals surface area contributed by atoms with Crippen LogP contribution in [-0.2, 0) is 9.53 Å². The number of carbonyl (C=O) groups excluding carboxylic acids is 2. The Morgan fingerprint density at radius 2 is 2.00 bits per heavy atom. The van der Waals surface area contributed by atoms with Crippen LogP contribution in [0.1, 0.15) is 10.4 Å². The van der Waals surface area contributed by atoms with Crippen LogP contribution in [0.3, 0.4) is 0 Å². The number of hydrogen-bond acceptors (Lipinski definition) is 4. The van der Waals surface area contributed by atoms with E-state index in [1.807, 2.05) is 36.4 Å². The van der Waals surface area contributed by atoms with Crippen molar-refractivity contribution >= 4 is 22.5 Å². The highest BCUT2D eigenvalue weighted by atomic mass is 16.5. The molecule has 0 saturated carbocycles. The van der Waals surface area contributed by atoms with Crippen LogP contribution in [0.15, 0.2) is 42.5 Å². The number of amides is 1. The molecule has 0 spiro atoms. The summed E-state index contributed by atoms with van der Waals surface area (Å²) < 4.78 is 5.05. The summed E-state index contributed by atoms with van der Waals surface area (Å²) in [6, 6.07) is 12.6. The zero-order valence-corrected chi connectivity index (χ0v) is 12.3. The van der Waals surface area contributed by atoms with E-state index >= 15 is 0 Å². The average molecular weight is 298 g/mol. The van der Waals surface area contributed by atoms with Crippen LogP contribution in [-0.4, -0.2) is 44.0 Å². The van der Waals surface area contributed by atoms with Crippen LogP contribution in [0, 0.1) is 0 Å². The summed E-state index contributed by atoms with van der Waals surface area (Å²) in [5.74, 6) is -0.294. The predicted octanol–water partition coefficient (Wildman–Crippen LogP) is 1.13. The van der Waals surface area contributed by atoms with Gasteiger partial charge in [0.1, 0.15) is 6.04 Å². The van der Waals surface area contributed by atoms with Crippen LogP contribution in [0.2, 0.25) is 0 Å². The first-order chi connectivity index (χ1) is 10.7. The first-order valence-corrected chi connectivity index (χ1v) is 7.25. The van der Waals surface area contributed by atoms with Gasteiger partial charge in [-0.05, 0) is 22.9 Å². The van der Waals surface area contributed by atoms with Crippen molar-refractivity contribution in [2.75, 3.05) is 20.3 Å². The number of benzene rings is 2. The topological polar surface area (TPSA) is 77.3 Å². The fourth-order valence-corrected chi connectivity index (χ4v) is 2.44. The normalized spacial score (nSPS) is 18.0. The molecule has 1 fully saturated rings. The van der Waals surface area contributed by atoms with Crippen molar-refractivity contribution in [2.24, 2.45) is 0 Å². The summed E-state index contributed by atoms with van der Waals surface area (Å²) in [5, 5.41) is 7.79. The quantitative estimate of drug-likeness (QED) is 0.784. The molecule has 1 heterocycles. The number of nitrogens with one attached hydrogen (secondary N) is 2. The van der Waals surface area contributed by atoms with Crippen molar-refractivity contribution in [3.05, 3.63) is 48.0 Å². The van der Waals surface area contributed by atoms with E-state index in [1.165, 1.54) is 7.11 Å². The molecule has 1 saturated heterocycles. The monoisotopic (exact) mass is 298 g/mol. The van der Waals surface area contributed by atoms with Gasteiger partial charge in [-0.3, -0.25) is 9.59 Å². The highest BCUT2D eigenvalue weighted by Gasteiger charge is 2.35. The molecular formula is C17H18N2O3. The van der Waals surface area contributed by atoms with E-state index in [1.54, 1.807) is 6.07 Å². The van der Waals surface area contributed by atoms with Crippen LogP contribution in [0.5, 0.6) is 0 Å². The fraction of sp³-hybridized carbons (Fsp3) is 0.294. The van der Waals surface area contributed by atoms with Gasteiger partial charge in [0.05, 0.1) is 12.6 Å². The molecule has 2 unspecified atom stereocenters. The molecule has 1 aliphatic heterocycles. The van der Waals surface area contributed by atoms with Gasteiger partial charge in [0.25, 0.3) is 5.91 Å². The van der Waals surface area contributed by atoms with Crippen LogP contribution in [0.25, 0.3) is 10.8 Å². The third kappa shape index (κ3) is 3.16. The Labute approximate surface area is 128 Å². The molecule has 0 bridgehead atoms. The van der Waals surface area contributed by atoms with Gasteiger partial charge in [-0.15, -0.1) is 0 Å². The number of ketones is 1. The zero-order chi connectivity index (χ0) is 15.5. The maximum atomic E-state index is 12.4. The molecule has 1 aliphatic rings. The van der Waals surface area contributed by atoms with Gasteiger partial charge in [-0.25, -0.2) is 0 Å². The van der Waals surface area contributed by atoms with Crippen molar-refractivity contribution in [1.82, 2.24) is 10.6 Å². The Morgan fingerprint density at radius 3 is 2.68 bits per heavy atom. The Kier molecular flexibility index (Phi) is 4.18. The molecule has 5 nitrogen and oxygen atoms in total. The van der Waals surface area contributed by atoms with Gasteiger partial charge in [-0.1, -0.05) is 30.3 Å². The number of rotatable bonds is 6. The second kappa shape index (κ2) is 6.25. The minimum Gasteiger partial charge on any atom is -0.382 e. The maximum Gasteiger partial charge on any atom is 0.251 e. The summed E-state index contributed by atoms with van der Waals surface area (Å²) in [6.45, 7) is 0.848. The molecule has 2 aromatic rings. The Bertz CT molecular complexity index is 710. The molecule has 2 atom stereocenters. The van der Waals surface area contributed by atoms with Crippen LogP contribution < -0.4 is 10.6 Å². The molecule has 0 aromatic heterocycles. The summed E-state index contributed by atoms with van der Waals surface area (Å²) in [5.41, 5.74) is 0.538. The molecule has 5 heteroatoms. The summed E-state index contributed by atoms with van der Waals surface area (Å²) in [4.78, 5) is 24.5. The lowest BCUT2D eigenvalue weighted by Crippen LogP contribution is -2.46. The first kappa shape index (κ1) is 14.7. The third-order valence-electron chi connectivity index (χ3n) is 3.75. The SMILES string of the molecule is COCC(NC(=O)c1ccc2ccccc2c1)C(=O)C1CN1. The second-order valence-electron chi connectivity index (χ2n) is 5.41. The lowest BCUT2D eigenvalue weighted by atomic mass is 10.1. The highest BCUT2D eigenvalue weighted by molar-refractivity contribution is 6.02. The minimum atomic E-state index is -0.621. The molecular weight excluding hydrogens is 280 g/mol. The van der Waals surface area contributed by atoms with Gasteiger partial charge >= 0.3 is 0 Å². The molecule has 2 aromatic carbocycles. The second-order valence-corrected chi connectivity index (χ2v) is 5.41. The third-order valence-corrected chi connectivity index (χ3v) is 3.75. The molecule has 3 rings (SSSR count). The van der Waals surface area contributed by atoms with Gasteiger partial charge < -0.3 is 15.4 Å². The Morgan fingerprint density at radius 1 is 1.27 bits per heavy atom. The standard InChI is InChI=1S/C17H18N2O3/c1-22-10-15(16(20)14-9-18-14)19-17(21)13-7-6-11-4-2-3-5-12(11)8-13/h2-8,14-15,18H,9-10H2,1H3,(H,19,21). The van der Waals surface area contributed by atoms with E-state index in [0.29, 0.717) is 12.1 Å². The molecule has 1 amide bonds. The number of fused-ring (bicyclic) bond motifs is 1. The maximum absolute atomic E-state index is 12.4. The zero-order valence-electron chi connectivity index (χ0n) is 12.3. The van der Waals surface area contributed by atoms with E-state index in [9.17, 15) is 9.59 Å². The van der Waals surface area contributed by atoms with Gasteiger partial charge in [-0.2, -0.15) is 0 Å². The van der Waals surface area contributed by atoms with E-state index in [4.69, 9.17) is 4.74 Å². The van der Waals surface area contributed by atoms with E-state index in [2.05, 4.69) is 10.6 Å². The summed E-state index contributed by atoms with van der Waals surface area (Å²) in [6.07, 6.45) is 0. The van der Waals surface area contributed by atoms with Crippen molar-refractivity contribution in [3.8, 4) is 0 Å². The smallest absolute Gasteiger partial charge is 0.251 e. The van der Waals surface area contributed by atoms with Crippen molar-refractivity contribution in [1.29, 1.82) is 0 Å². The Balaban J connectivity index is 1.77. The molecule has 0 radical (unpaired) electrons. The average Bonchev–Trinajstić information content (AvgIpc) is 3.38. The van der Waals surface area contributed by atoms with Crippen molar-refractivity contribution in [2.45, 2.75) is 12.1 Å². The molecule has 2 N–H and O–H groups in total. The first-order valence-electron chi connectivity index (χ1n) is 7.25. The van der Waals surface area contributed by atoms with Crippen LogP contribution >= 0.6 is 0 Å². The fourth-order valence-electron chi connectivity index (χ4n) is 2.44. The van der Waals surface area contributed by atoms with Crippen molar-refractivity contribution in [3.63, 3.8) is 0 Å². The highest BCUT2D eigenvalue weighted by Crippen LogP contribution is 2.16. The lowest BCUT2D eigenvalue weighted by molar-refractivity contribution is -0.121. The molecule has 0 aliphatic carbocycles. The van der Waals surface area contributed by atoms with Crippen molar-refractivity contribution < 1.29 is 14.3 Å². The van der Waals surface area contributed by atoms with E-state index in [0.717, 1.165) is 10.8 Å². The number of ether oxygens (including phenoxy) is 1. The lowest BCUT2D eigenvalue weighted by Gasteiger charge is -2.16. The summed E-state index contributed by atoms with van der Waals surface area (Å²) >= 11 is 0. The molecule has 22 heavy (non-hydrogen) atoms. The number of hydrogen-bond donors (Lipinski definition) is 2. The number of Topliss-reactive ketones (excluding diaryl/α,β-unsaturated/α-hetero) is 1. The number of carbonyl (C=O) groups is 2. The number of methoxy groups -OCH3 is 1. The Hall–Kier alpha value is -2.24. The largest absolute Gasteiger partial charge is 0.382 e. The van der Waals surface area contributed by atoms with Gasteiger partial charge in [0, 0.05) is 19.2 Å².